The number of imidazole rings is 1. The number of amides is 1. The van der Waals surface area contributed by atoms with Crippen LogP contribution in [0.15, 0.2) is 49.1 Å². The minimum atomic E-state index is -0.195. The lowest BCUT2D eigenvalue weighted by molar-refractivity contribution is -0.114. The van der Waals surface area contributed by atoms with E-state index in [9.17, 15) is 10.1 Å². The zero-order chi connectivity index (χ0) is 22.0. The third-order valence-corrected chi connectivity index (χ3v) is 6.30. The number of anilines is 1. The van der Waals surface area contributed by atoms with Gasteiger partial charge < -0.3 is 10.3 Å². The number of benzene rings is 1. The quantitative estimate of drug-likeness (QED) is 0.380. The summed E-state index contributed by atoms with van der Waals surface area (Å²) in [6, 6.07) is 11.2. The smallest absolute Gasteiger partial charge is 0.222 e. The number of nitrogens with one attached hydrogen (secondary N) is 2. The maximum atomic E-state index is 11.4. The molecule has 0 unspecified atom stereocenters. The summed E-state index contributed by atoms with van der Waals surface area (Å²) in [5.74, 6) is 0.273. The van der Waals surface area contributed by atoms with E-state index in [-0.39, 0.29) is 5.91 Å². The van der Waals surface area contributed by atoms with Gasteiger partial charge in [-0.15, -0.1) is 11.3 Å². The Balaban J connectivity index is 1.85. The van der Waals surface area contributed by atoms with Crippen LogP contribution in [0.4, 0.5) is 5.82 Å². The number of carbonyl (C=O) groups excluding carboxylic acids is 1. The number of nitrogens with zero attached hydrogens (tertiary/aromatic N) is 3. The first kappa shape index (κ1) is 21.1. The van der Waals surface area contributed by atoms with Crippen LogP contribution in [0.25, 0.3) is 21.7 Å². The summed E-state index contributed by atoms with van der Waals surface area (Å²) in [7, 11) is 0. The number of carbonyl (C=O) groups is 1. The Morgan fingerprint density at radius 2 is 2.13 bits per heavy atom. The topological polar surface area (TPSA) is 94.5 Å². The molecule has 0 aliphatic rings. The molecule has 3 heterocycles. The van der Waals surface area contributed by atoms with Gasteiger partial charge in [0.25, 0.3) is 0 Å². The molecule has 31 heavy (non-hydrogen) atoms. The lowest BCUT2D eigenvalue weighted by Gasteiger charge is -2.07. The maximum absolute atomic E-state index is 11.4. The fraction of sp³-hybridized carbons (Fsp3) is 0.0909. The number of pyridine rings is 1. The van der Waals surface area contributed by atoms with Gasteiger partial charge in [-0.25, -0.2) is 9.97 Å². The maximum Gasteiger partial charge on any atom is 0.222 e. The van der Waals surface area contributed by atoms with Crippen LogP contribution in [0.5, 0.6) is 0 Å². The Morgan fingerprint density at radius 3 is 2.81 bits per heavy atom. The standard InChI is InChI=1S/C22H15Cl2N5OS/c1-12(30)29-20-7-13(4-5-27-20)6-19-16(9-25)21(15-3-2-14(23)8-17(15)24)22(31-19)18-10-26-11-28-18/h2-5,7-8,10-11H,6H2,1H3,(H,26,28)(H,27,29,30). The first-order valence-electron chi connectivity index (χ1n) is 9.18. The van der Waals surface area contributed by atoms with Gasteiger partial charge in [0.05, 0.1) is 28.7 Å². The molecular formula is C22H15Cl2N5OS. The highest BCUT2D eigenvalue weighted by molar-refractivity contribution is 7.16. The molecule has 1 aromatic carbocycles. The van der Waals surface area contributed by atoms with Gasteiger partial charge in [0.2, 0.25) is 5.91 Å². The van der Waals surface area contributed by atoms with E-state index in [1.165, 1.54) is 18.3 Å². The van der Waals surface area contributed by atoms with Gasteiger partial charge in [-0.05, 0) is 29.8 Å². The van der Waals surface area contributed by atoms with Crippen LogP contribution in [-0.4, -0.2) is 20.9 Å². The predicted molar refractivity (Wildman–Crippen MR) is 123 cm³/mol. The Hall–Kier alpha value is -3.18. The first-order valence-corrected chi connectivity index (χ1v) is 10.8. The van der Waals surface area contributed by atoms with E-state index in [2.05, 4.69) is 26.3 Å². The zero-order valence-electron chi connectivity index (χ0n) is 16.2. The van der Waals surface area contributed by atoms with Gasteiger partial charge >= 0.3 is 0 Å². The van der Waals surface area contributed by atoms with Crippen molar-refractivity contribution in [1.29, 1.82) is 5.26 Å². The summed E-state index contributed by atoms with van der Waals surface area (Å²) >= 11 is 14.1. The van der Waals surface area contributed by atoms with E-state index in [4.69, 9.17) is 23.2 Å². The van der Waals surface area contributed by atoms with Crippen molar-refractivity contribution in [2.75, 3.05) is 5.32 Å². The molecule has 0 aliphatic carbocycles. The molecular weight excluding hydrogens is 453 g/mol. The number of hydrogen-bond donors (Lipinski definition) is 2. The van der Waals surface area contributed by atoms with Crippen LogP contribution in [0, 0.1) is 11.3 Å². The second kappa shape index (κ2) is 8.90. The molecule has 4 rings (SSSR count). The van der Waals surface area contributed by atoms with E-state index in [0.717, 1.165) is 32.1 Å². The summed E-state index contributed by atoms with van der Waals surface area (Å²) < 4.78 is 0. The number of thiophene rings is 1. The lowest BCUT2D eigenvalue weighted by atomic mass is 9.98. The molecule has 0 saturated carbocycles. The molecule has 0 bridgehead atoms. The Labute approximate surface area is 192 Å². The van der Waals surface area contributed by atoms with Crippen molar-refractivity contribution in [3.63, 3.8) is 0 Å². The van der Waals surface area contributed by atoms with Crippen LogP contribution in [0.3, 0.4) is 0 Å². The van der Waals surface area contributed by atoms with E-state index < -0.39 is 0 Å². The molecule has 0 saturated heterocycles. The van der Waals surface area contributed by atoms with Gasteiger partial charge in [0.1, 0.15) is 11.9 Å². The highest BCUT2D eigenvalue weighted by Gasteiger charge is 2.23. The summed E-state index contributed by atoms with van der Waals surface area (Å²) in [6.45, 7) is 1.43. The fourth-order valence-corrected chi connectivity index (χ4v) is 5.03. The van der Waals surface area contributed by atoms with E-state index >= 15 is 0 Å². The third kappa shape index (κ3) is 4.47. The Morgan fingerprint density at radius 1 is 1.29 bits per heavy atom. The van der Waals surface area contributed by atoms with Crippen LogP contribution in [0.1, 0.15) is 22.9 Å². The molecule has 0 radical (unpaired) electrons. The normalized spacial score (nSPS) is 10.6. The van der Waals surface area contributed by atoms with Crippen LogP contribution in [-0.2, 0) is 11.2 Å². The SMILES string of the molecule is CC(=O)Nc1cc(Cc2sc(-c3cnc[nH]3)c(-c3ccc(Cl)cc3Cl)c2C#N)ccn1. The summed E-state index contributed by atoms with van der Waals surface area (Å²) in [4.78, 5) is 24.5. The Kier molecular flexibility index (Phi) is 6.05. The van der Waals surface area contributed by atoms with Crippen molar-refractivity contribution in [3.8, 4) is 27.8 Å². The molecule has 2 N–H and O–H groups in total. The van der Waals surface area contributed by atoms with Crippen molar-refractivity contribution in [2.24, 2.45) is 0 Å². The largest absolute Gasteiger partial charge is 0.344 e. The molecule has 9 heteroatoms. The highest BCUT2D eigenvalue weighted by Crippen LogP contribution is 2.45. The molecule has 0 fully saturated rings. The highest BCUT2D eigenvalue weighted by atomic mass is 35.5. The van der Waals surface area contributed by atoms with E-state index in [0.29, 0.717) is 27.8 Å². The molecule has 0 aliphatic heterocycles. The molecule has 0 atom stereocenters. The summed E-state index contributed by atoms with van der Waals surface area (Å²) in [6.07, 6.45) is 5.43. The molecule has 154 valence electrons. The van der Waals surface area contributed by atoms with Crippen molar-refractivity contribution in [3.05, 3.63) is 75.1 Å². The number of aromatic nitrogens is 3. The van der Waals surface area contributed by atoms with E-state index in [1.54, 1.807) is 36.9 Å². The fourth-order valence-electron chi connectivity index (χ4n) is 3.26. The number of H-pyrrole nitrogens is 1. The van der Waals surface area contributed by atoms with Gasteiger partial charge in [0, 0.05) is 45.6 Å². The van der Waals surface area contributed by atoms with E-state index in [1.807, 2.05) is 12.1 Å². The van der Waals surface area contributed by atoms with Gasteiger partial charge in [0.15, 0.2) is 0 Å². The minimum Gasteiger partial charge on any atom is -0.344 e. The molecule has 6 nitrogen and oxygen atoms in total. The zero-order valence-corrected chi connectivity index (χ0v) is 18.6. The predicted octanol–water partition coefficient (Wildman–Crippen LogP) is 5.93. The number of rotatable bonds is 5. The average molecular weight is 468 g/mol. The number of hydrogen-bond acceptors (Lipinski definition) is 5. The Bertz CT molecular complexity index is 1310. The van der Waals surface area contributed by atoms with Crippen molar-refractivity contribution in [1.82, 2.24) is 15.0 Å². The second-order valence-corrected chi connectivity index (χ2v) is 8.66. The third-order valence-electron chi connectivity index (χ3n) is 4.53. The number of nitriles is 1. The minimum absolute atomic E-state index is 0.195. The monoisotopic (exact) mass is 467 g/mol. The van der Waals surface area contributed by atoms with Gasteiger partial charge in [-0.3, -0.25) is 4.79 Å². The van der Waals surface area contributed by atoms with Gasteiger partial charge in [-0.2, -0.15) is 5.26 Å². The van der Waals surface area contributed by atoms with Crippen LogP contribution in [0.2, 0.25) is 10.0 Å². The average Bonchev–Trinajstić information content (AvgIpc) is 3.36. The first-order chi connectivity index (χ1) is 15.0. The number of halogens is 2. The number of aromatic amines is 1. The molecule has 1 amide bonds. The molecule has 4 aromatic rings. The van der Waals surface area contributed by atoms with Crippen molar-refractivity contribution >= 4 is 46.3 Å². The van der Waals surface area contributed by atoms with Crippen molar-refractivity contribution < 1.29 is 4.79 Å². The summed E-state index contributed by atoms with van der Waals surface area (Å²) in [5, 5.41) is 13.7. The lowest BCUT2D eigenvalue weighted by Crippen LogP contribution is -2.07. The second-order valence-electron chi connectivity index (χ2n) is 6.71. The van der Waals surface area contributed by atoms with Gasteiger partial charge in [-0.1, -0.05) is 29.3 Å². The summed E-state index contributed by atoms with van der Waals surface area (Å²) in [5.41, 5.74) is 3.72. The molecule has 3 aromatic heterocycles. The van der Waals surface area contributed by atoms with Crippen molar-refractivity contribution in [2.45, 2.75) is 13.3 Å². The van der Waals surface area contributed by atoms with Crippen LogP contribution >= 0.6 is 34.5 Å². The molecule has 0 spiro atoms. The van der Waals surface area contributed by atoms with Crippen LogP contribution < -0.4 is 5.32 Å².